The van der Waals surface area contributed by atoms with Crippen LogP contribution in [0.2, 0.25) is 5.02 Å². The van der Waals surface area contributed by atoms with Crippen LogP contribution in [0, 0.1) is 5.92 Å². The van der Waals surface area contributed by atoms with E-state index in [0.717, 1.165) is 53.9 Å². The summed E-state index contributed by atoms with van der Waals surface area (Å²) in [5.74, 6) is -0.249. The second-order valence-corrected chi connectivity index (χ2v) is 11.2. The van der Waals surface area contributed by atoms with E-state index in [4.69, 9.17) is 16.3 Å². The summed E-state index contributed by atoms with van der Waals surface area (Å²) in [6.45, 7) is 4.68. The smallest absolute Gasteiger partial charge is 0.407 e. The number of amides is 1. The van der Waals surface area contributed by atoms with E-state index in [2.05, 4.69) is 28.0 Å². The zero-order valence-electron chi connectivity index (χ0n) is 23.2. The van der Waals surface area contributed by atoms with Gasteiger partial charge in [0.1, 0.15) is 0 Å². The molecule has 0 aliphatic carbocycles. The molecule has 1 amide bonds. The molecule has 0 bridgehead atoms. The molecule has 0 aromatic heterocycles. The maximum atomic E-state index is 11.8. The van der Waals surface area contributed by atoms with Crippen LogP contribution in [0.5, 0.6) is 0 Å². The molecule has 2 N–H and O–H groups in total. The number of carbonyl (C=O) groups is 2. The molecule has 216 valence electrons. The third-order valence-corrected chi connectivity index (χ3v) is 8.53. The number of carbonyl (C=O) groups excluding carboxylic acids is 1. The van der Waals surface area contributed by atoms with E-state index in [1.807, 2.05) is 36.4 Å². The van der Waals surface area contributed by atoms with Crippen LogP contribution < -0.4 is 4.90 Å². The monoisotopic (exact) mass is 577 g/mol. The van der Waals surface area contributed by atoms with Crippen LogP contribution in [0.25, 0.3) is 11.1 Å². The van der Waals surface area contributed by atoms with Crippen molar-refractivity contribution in [1.29, 1.82) is 0 Å². The zero-order chi connectivity index (χ0) is 28.9. The molecule has 0 spiro atoms. The van der Waals surface area contributed by atoms with Gasteiger partial charge in [0.15, 0.2) is 0 Å². The van der Waals surface area contributed by atoms with E-state index in [9.17, 15) is 19.8 Å². The molecular weight excluding hydrogens is 542 g/mol. The van der Waals surface area contributed by atoms with Crippen LogP contribution in [-0.4, -0.2) is 78.5 Å². The van der Waals surface area contributed by atoms with Crippen molar-refractivity contribution < 1.29 is 24.5 Å². The maximum absolute atomic E-state index is 11.8. The summed E-state index contributed by atoms with van der Waals surface area (Å²) in [5.41, 5.74) is 5.60. The lowest BCUT2D eigenvalue weighted by atomic mass is 9.83. The van der Waals surface area contributed by atoms with Crippen molar-refractivity contribution in [3.05, 3.63) is 88.4 Å². The Morgan fingerprint density at radius 3 is 2.20 bits per heavy atom. The molecule has 8 nitrogen and oxygen atoms in total. The summed E-state index contributed by atoms with van der Waals surface area (Å²) in [5, 5.41) is 21.7. The number of ether oxygens (including phenoxy) is 1. The number of hydrogen-bond donors (Lipinski definition) is 2. The summed E-state index contributed by atoms with van der Waals surface area (Å²) in [6.07, 6.45) is 0.169. The van der Waals surface area contributed by atoms with Crippen LogP contribution in [0.15, 0.2) is 66.7 Å². The summed E-state index contributed by atoms with van der Waals surface area (Å²) < 4.78 is 4.80. The van der Waals surface area contributed by atoms with E-state index < -0.39 is 12.2 Å². The van der Waals surface area contributed by atoms with Gasteiger partial charge in [-0.3, -0.25) is 4.90 Å². The standard InChI is InChI=1S/C32H36ClN3O5/c1-41-31(38)25-5-9-27(10-6-25)35-14-12-24(13-15-35)30(37)29-20-22(21-34-16-18-36(19-17-34)32(39)40)2-11-28(29)23-3-7-26(33)8-4-23/h2-11,20,24,30,37H,12-19,21H2,1H3,(H,39,40)/t30-/m0/s1. The van der Waals surface area contributed by atoms with E-state index in [0.29, 0.717) is 43.3 Å². The first kappa shape index (κ1) is 28.9. The highest BCUT2D eigenvalue weighted by molar-refractivity contribution is 6.30. The van der Waals surface area contributed by atoms with E-state index in [-0.39, 0.29) is 11.9 Å². The van der Waals surface area contributed by atoms with Gasteiger partial charge < -0.3 is 24.7 Å². The average molecular weight is 578 g/mol. The van der Waals surface area contributed by atoms with Crippen LogP contribution in [0.3, 0.4) is 0 Å². The van der Waals surface area contributed by atoms with Gasteiger partial charge >= 0.3 is 12.1 Å². The van der Waals surface area contributed by atoms with Crippen LogP contribution in [0.1, 0.15) is 40.4 Å². The molecule has 0 unspecified atom stereocenters. The van der Waals surface area contributed by atoms with Crippen LogP contribution in [-0.2, 0) is 11.3 Å². The van der Waals surface area contributed by atoms with Crippen molar-refractivity contribution in [2.45, 2.75) is 25.5 Å². The predicted molar refractivity (Wildman–Crippen MR) is 159 cm³/mol. The quantitative estimate of drug-likeness (QED) is 0.356. The number of methoxy groups -OCH3 is 1. The Morgan fingerprint density at radius 1 is 0.927 bits per heavy atom. The molecule has 2 heterocycles. The SMILES string of the molecule is COC(=O)c1ccc(N2CCC([C@H](O)c3cc(CN4CCN(C(=O)O)CC4)ccc3-c3ccc(Cl)cc3)CC2)cc1. The van der Waals surface area contributed by atoms with Gasteiger partial charge in [-0.05, 0) is 77.4 Å². The van der Waals surface area contributed by atoms with Crippen molar-refractivity contribution in [2.75, 3.05) is 51.3 Å². The van der Waals surface area contributed by atoms with Gasteiger partial charge in [-0.25, -0.2) is 9.59 Å². The van der Waals surface area contributed by atoms with Gasteiger partial charge in [0.25, 0.3) is 0 Å². The molecule has 0 radical (unpaired) electrons. The van der Waals surface area contributed by atoms with Crippen LogP contribution >= 0.6 is 11.6 Å². The normalized spacial score (nSPS) is 17.3. The van der Waals surface area contributed by atoms with Gasteiger partial charge in [-0.1, -0.05) is 41.9 Å². The van der Waals surface area contributed by atoms with Crippen molar-refractivity contribution in [3.63, 3.8) is 0 Å². The summed E-state index contributed by atoms with van der Waals surface area (Å²) in [7, 11) is 1.38. The number of hydrogen-bond acceptors (Lipinski definition) is 6. The Balaban J connectivity index is 1.31. The number of benzene rings is 3. The lowest BCUT2D eigenvalue weighted by molar-refractivity contribution is 0.0600. The summed E-state index contributed by atoms with van der Waals surface area (Å²) in [6, 6.07) is 21.5. The number of esters is 1. The van der Waals surface area contributed by atoms with E-state index >= 15 is 0 Å². The van der Waals surface area contributed by atoms with Crippen molar-refractivity contribution in [1.82, 2.24) is 9.80 Å². The minimum Gasteiger partial charge on any atom is -0.465 e. The van der Waals surface area contributed by atoms with Gasteiger partial charge in [0.05, 0.1) is 18.8 Å². The molecule has 1 atom stereocenters. The Labute approximate surface area is 245 Å². The number of carboxylic acid groups (broad SMARTS) is 1. The number of anilines is 1. The fourth-order valence-electron chi connectivity index (χ4n) is 5.86. The largest absolute Gasteiger partial charge is 0.465 e. The fourth-order valence-corrected chi connectivity index (χ4v) is 5.98. The van der Waals surface area contributed by atoms with Crippen molar-refractivity contribution in [2.24, 2.45) is 5.92 Å². The van der Waals surface area contributed by atoms with Crippen molar-refractivity contribution >= 4 is 29.4 Å². The van der Waals surface area contributed by atoms with E-state index in [1.165, 1.54) is 12.0 Å². The lowest BCUT2D eigenvalue weighted by Crippen LogP contribution is -2.47. The highest BCUT2D eigenvalue weighted by Crippen LogP contribution is 2.38. The maximum Gasteiger partial charge on any atom is 0.407 e. The number of halogens is 1. The Hall–Kier alpha value is -3.59. The van der Waals surface area contributed by atoms with Gasteiger partial charge in [-0.2, -0.15) is 0 Å². The molecule has 2 saturated heterocycles. The number of rotatable bonds is 7. The first-order valence-electron chi connectivity index (χ1n) is 14.0. The number of aliphatic hydroxyl groups is 1. The van der Waals surface area contributed by atoms with E-state index in [1.54, 1.807) is 12.1 Å². The Morgan fingerprint density at radius 2 is 1.59 bits per heavy atom. The molecule has 2 fully saturated rings. The highest BCUT2D eigenvalue weighted by Gasteiger charge is 2.29. The molecule has 3 aromatic carbocycles. The topological polar surface area (TPSA) is 93.5 Å². The number of piperidine rings is 1. The first-order valence-corrected chi connectivity index (χ1v) is 14.4. The Kier molecular flexibility index (Phi) is 9.12. The van der Waals surface area contributed by atoms with Gasteiger partial charge in [-0.15, -0.1) is 0 Å². The second-order valence-electron chi connectivity index (χ2n) is 10.8. The third kappa shape index (κ3) is 6.84. The van der Waals surface area contributed by atoms with Crippen LogP contribution in [0.4, 0.5) is 10.5 Å². The molecule has 41 heavy (non-hydrogen) atoms. The third-order valence-electron chi connectivity index (χ3n) is 8.28. The second kappa shape index (κ2) is 12.9. The lowest BCUT2D eigenvalue weighted by Gasteiger charge is -2.36. The number of nitrogens with zero attached hydrogens (tertiary/aromatic N) is 3. The highest BCUT2D eigenvalue weighted by atomic mass is 35.5. The molecule has 3 aromatic rings. The number of piperazine rings is 1. The molecule has 9 heteroatoms. The molecular formula is C32H36ClN3O5. The molecule has 2 aliphatic heterocycles. The summed E-state index contributed by atoms with van der Waals surface area (Å²) >= 11 is 6.16. The first-order chi connectivity index (χ1) is 19.8. The molecule has 2 aliphatic rings. The van der Waals surface area contributed by atoms with Gasteiger partial charge in [0.2, 0.25) is 0 Å². The fraction of sp³-hybridized carbons (Fsp3) is 0.375. The van der Waals surface area contributed by atoms with Crippen molar-refractivity contribution in [3.8, 4) is 11.1 Å². The average Bonchev–Trinajstić information content (AvgIpc) is 3.01. The number of aliphatic hydroxyl groups excluding tert-OH is 1. The van der Waals surface area contributed by atoms with Gasteiger partial charge in [0, 0.05) is 56.5 Å². The molecule has 0 saturated carbocycles. The minimum absolute atomic E-state index is 0.0982. The zero-order valence-corrected chi connectivity index (χ0v) is 24.0. The molecule has 5 rings (SSSR count). The predicted octanol–water partition coefficient (Wildman–Crippen LogP) is 5.54. The Bertz CT molecular complexity index is 1350. The minimum atomic E-state index is -0.869. The summed E-state index contributed by atoms with van der Waals surface area (Å²) in [4.78, 5) is 29.1.